The van der Waals surface area contributed by atoms with E-state index in [0.717, 1.165) is 12.0 Å². The number of hydrogen-bond donors (Lipinski definition) is 0. The maximum absolute atomic E-state index is 12.0. The zero-order valence-electron chi connectivity index (χ0n) is 17.2. The van der Waals surface area contributed by atoms with Gasteiger partial charge in [0.2, 0.25) is 0 Å². The standard InChI is InChI=1S/C22H23N3O5/c1-14-6-16(8-19(27)24(14)2)29-13-21-9-22(10-21,12-26)25(11-21)20-23-17-7-15(28-3)4-5-18(17)30-20/h4-8,12H,9-11,13H2,1-3H3. The first-order valence-corrected chi connectivity index (χ1v) is 9.86. The highest BCUT2D eigenvalue weighted by Crippen LogP contribution is 2.59. The highest BCUT2D eigenvalue weighted by Gasteiger charge is 2.67. The molecule has 0 spiro atoms. The van der Waals surface area contributed by atoms with Crippen LogP contribution in [0.1, 0.15) is 18.5 Å². The van der Waals surface area contributed by atoms with E-state index in [1.54, 1.807) is 18.7 Å². The quantitative estimate of drug-likeness (QED) is 0.578. The maximum atomic E-state index is 12.0. The van der Waals surface area contributed by atoms with Crippen molar-refractivity contribution in [2.45, 2.75) is 25.3 Å². The molecule has 1 saturated carbocycles. The van der Waals surface area contributed by atoms with Crippen LogP contribution in [0.3, 0.4) is 0 Å². The van der Waals surface area contributed by atoms with Crippen molar-refractivity contribution in [3.63, 3.8) is 0 Å². The minimum Gasteiger partial charge on any atom is -0.497 e. The number of nitrogens with zero attached hydrogens (tertiary/aromatic N) is 3. The van der Waals surface area contributed by atoms with Crippen LogP contribution in [-0.2, 0) is 11.8 Å². The summed E-state index contributed by atoms with van der Waals surface area (Å²) in [7, 11) is 3.34. The van der Waals surface area contributed by atoms with Crippen LogP contribution in [-0.4, -0.2) is 41.6 Å². The van der Waals surface area contributed by atoms with Gasteiger partial charge in [0.05, 0.1) is 13.7 Å². The molecular weight excluding hydrogens is 386 g/mol. The molecule has 4 heterocycles. The molecule has 2 aliphatic heterocycles. The third kappa shape index (κ3) is 2.70. The van der Waals surface area contributed by atoms with Crippen LogP contribution in [0.2, 0.25) is 0 Å². The van der Waals surface area contributed by atoms with Crippen molar-refractivity contribution in [2.24, 2.45) is 12.5 Å². The molecule has 6 rings (SSSR count). The number of aldehydes is 1. The Bertz CT molecular complexity index is 1210. The van der Waals surface area contributed by atoms with Crippen LogP contribution in [0.5, 0.6) is 11.5 Å². The molecule has 30 heavy (non-hydrogen) atoms. The normalized spacial score (nSPS) is 24.7. The molecule has 8 heteroatoms. The Morgan fingerprint density at radius 1 is 1.23 bits per heavy atom. The number of carbonyl (C=O) groups excluding carboxylic acids is 1. The minimum atomic E-state index is -0.614. The fourth-order valence-electron chi connectivity index (χ4n) is 4.79. The number of carbonyl (C=O) groups is 1. The van der Waals surface area contributed by atoms with Gasteiger partial charge in [-0.05, 0) is 38.0 Å². The van der Waals surface area contributed by atoms with Gasteiger partial charge in [0.1, 0.15) is 28.8 Å². The van der Waals surface area contributed by atoms with Crippen molar-refractivity contribution in [2.75, 3.05) is 25.2 Å². The number of ether oxygens (including phenoxy) is 2. The number of anilines is 1. The van der Waals surface area contributed by atoms with Crippen molar-refractivity contribution in [1.29, 1.82) is 0 Å². The van der Waals surface area contributed by atoms with Crippen LogP contribution in [0.25, 0.3) is 11.1 Å². The monoisotopic (exact) mass is 409 g/mol. The summed E-state index contributed by atoms with van der Waals surface area (Å²) in [5, 5.41) is 0. The summed E-state index contributed by atoms with van der Waals surface area (Å²) >= 11 is 0. The van der Waals surface area contributed by atoms with E-state index in [-0.39, 0.29) is 11.0 Å². The Labute approximate surface area is 173 Å². The number of pyridine rings is 1. The van der Waals surface area contributed by atoms with E-state index in [2.05, 4.69) is 4.98 Å². The third-order valence-electron chi connectivity index (χ3n) is 6.45. The Hall–Kier alpha value is -3.29. The lowest BCUT2D eigenvalue weighted by Crippen LogP contribution is -2.52. The second-order valence-corrected chi connectivity index (χ2v) is 8.51. The number of aromatic nitrogens is 2. The topological polar surface area (TPSA) is 86.8 Å². The molecule has 8 nitrogen and oxygen atoms in total. The third-order valence-corrected chi connectivity index (χ3v) is 6.45. The summed E-state index contributed by atoms with van der Waals surface area (Å²) < 4.78 is 18.8. The minimum absolute atomic E-state index is 0.103. The maximum Gasteiger partial charge on any atom is 0.299 e. The van der Waals surface area contributed by atoms with Gasteiger partial charge in [-0.15, -0.1) is 0 Å². The molecule has 2 saturated heterocycles. The molecule has 156 valence electrons. The van der Waals surface area contributed by atoms with Crippen LogP contribution in [0.15, 0.2) is 39.5 Å². The Balaban J connectivity index is 1.38. The van der Waals surface area contributed by atoms with E-state index < -0.39 is 5.54 Å². The van der Waals surface area contributed by atoms with Gasteiger partial charge in [0, 0.05) is 36.8 Å². The van der Waals surface area contributed by atoms with Gasteiger partial charge in [-0.3, -0.25) is 4.79 Å². The van der Waals surface area contributed by atoms with Gasteiger partial charge < -0.3 is 28.2 Å². The molecular formula is C22H23N3O5. The van der Waals surface area contributed by atoms with Crippen LogP contribution >= 0.6 is 0 Å². The van der Waals surface area contributed by atoms with Crippen LogP contribution < -0.4 is 19.9 Å². The van der Waals surface area contributed by atoms with E-state index in [1.165, 1.54) is 6.07 Å². The summed E-state index contributed by atoms with van der Waals surface area (Å²) in [4.78, 5) is 30.5. The van der Waals surface area contributed by atoms with E-state index in [0.29, 0.717) is 54.6 Å². The van der Waals surface area contributed by atoms with Gasteiger partial charge in [0.15, 0.2) is 5.58 Å². The molecule has 3 aliphatic rings. The number of methoxy groups -OCH3 is 1. The second kappa shape index (κ2) is 6.35. The summed E-state index contributed by atoms with van der Waals surface area (Å²) in [5.41, 5.74) is 1.28. The van der Waals surface area contributed by atoms with Crippen molar-refractivity contribution < 1.29 is 18.7 Å². The van der Waals surface area contributed by atoms with Crippen LogP contribution in [0, 0.1) is 12.3 Å². The number of hydrogen-bond acceptors (Lipinski definition) is 7. The fourth-order valence-corrected chi connectivity index (χ4v) is 4.79. The van der Waals surface area contributed by atoms with Crippen molar-refractivity contribution in [3.05, 3.63) is 46.4 Å². The Morgan fingerprint density at radius 2 is 2.03 bits per heavy atom. The first-order chi connectivity index (χ1) is 14.4. The lowest BCUT2D eigenvalue weighted by Gasteiger charge is -2.43. The van der Waals surface area contributed by atoms with Crippen molar-refractivity contribution in [1.82, 2.24) is 9.55 Å². The first-order valence-electron chi connectivity index (χ1n) is 9.86. The highest BCUT2D eigenvalue weighted by molar-refractivity contribution is 5.80. The lowest BCUT2D eigenvalue weighted by molar-refractivity contribution is -0.116. The number of aryl methyl sites for hydroxylation is 1. The number of fused-ring (bicyclic) bond motifs is 2. The molecule has 1 aliphatic carbocycles. The molecule has 0 radical (unpaired) electrons. The van der Waals surface area contributed by atoms with Gasteiger partial charge >= 0.3 is 0 Å². The average Bonchev–Trinajstić information content (AvgIpc) is 3.37. The van der Waals surface area contributed by atoms with Gasteiger partial charge in [-0.2, -0.15) is 4.98 Å². The van der Waals surface area contributed by atoms with Gasteiger partial charge in [-0.1, -0.05) is 0 Å². The smallest absolute Gasteiger partial charge is 0.299 e. The molecule has 2 bridgehead atoms. The molecule has 3 aromatic rings. The lowest BCUT2D eigenvalue weighted by atomic mass is 9.63. The van der Waals surface area contributed by atoms with Crippen LogP contribution in [0.4, 0.5) is 6.01 Å². The molecule has 2 aromatic heterocycles. The molecule has 0 amide bonds. The molecule has 1 aromatic carbocycles. The van der Waals surface area contributed by atoms with E-state index >= 15 is 0 Å². The van der Waals surface area contributed by atoms with E-state index in [9.17, 15) is 9.59 Å². The summed E-state index contributed by atoms with van der Waals surface area (Å²) in [6.07, 6.45) is 2.35. The van der Waals surface area contributed by atoms with E-state index in [4.69, 9.17) is 13.9 Å². The number of benzene rings is 1. The zero-order valence-corrected chi connectivity index (χ0v) is 17.2. The predicted molar refractivity (Wildman–Crippen MR) is 110 cm³/mol. The molecule has 0 atom stereocenters. The second-order valence-electron chi connectivity index (χ2n) is 8.51. The molecule has 0 N–H and O–H groups in total. The summed E-state index contributed by atoms with van der Waals surface area (Å²) in [6.45, 7) is 2.91. The fraction of sp³-hybridized carbons (Fsp3) is 0.409. The molecule has 3 fully saturated rings. The largest absolute Gasteiger partial charge is 0.497 e. The highest BCUT2D eigenvalue weighted by atomic mass is 16.5. The van der Waals surface area contributed by atoms with E-state index in [1.807, 2.05) is 36.1 Å². The zero-order chi connectivity index (χ0) is 21.1. The van der Waals surface area contributed by atoms with Gasteiger partial charge in [0.25, 0.3) is 11.6 Å². The van der Waals surface area contributed by atoms with Gasteiger partial charge in [-0.25, -0.2) is 0 Å². The number of oxazole rings is 1. The predicted octanol–water partition coefficient (Wildman–Crippen LogP) is 2.46. The van der Waals surface area contributed by atoms with Crippen molar-refractivity contribution >= 4 is 23.4 Å². The van der Waals surface area contributed by atoms with Crippen molar-refractivity contribution in [3.8, 4) is 11.5 Å². The summed E-state index contributed by atoms with van der Waals surface area (Å²) in [6, 6.07) is 9.23. The number of rotatable bonds is 6. The first kappa shape index (κ1) is 18.7. The summed E-state index contributed by atoms with van der Waals surface area (Å²) in [5.74, 6) is 1.26. The SMILES string of the molecule is COc1ccc2oc(N3CC4(COc5cc(C)n(C)c(=O)c5)CC3(C=O)C4)nc2c1. The molecule has 0 unspecified atom stereocenters. The Morgan fingerprint density at radius 3 is 2.73 bits per heavy atom. The Kier molecular flexibility index (Phi) is 3.96. The average molecular weight is 409 g/mol.